The molecule has 0 bridgehead atoms. The molecule has 0 aliphatic rings. The molecule has 4 nitrogen and oxygen atoms in total. The number of benzene rings is 1. The van der Waals surface area contributed by atoms with Crippen molar-refractivity contribution in [2.75, 3.05) is 31.7 Å². The van der Waals surface area contributed by atoms with E-state index in [0.717, 1.165) is 83.0 Å². The fourth-order valence-corrected chi connectivity index (χ4v) is 5.21. The predicted octanol–water partition coefficient (Wildman–Crippen LogP) is 5.88. The van der Waals surface area contributed by atoms with Gasteiger partial charge in [-0.25, -0.2) is 0 Å². The Balaban J connectivity index is 2.57. The zero-order chi connectivity index (χ0) is 18.9. The summed E-state index contributed by atoms with van der Waals surface area (Å²) in [6.45, 7) is 9.70. The topological polar surface area (TPSA) is 39.7 Å². The molecule has 5 heteroatoms. The normalized spacial score (nSPS) is 11.7. The fraction of sp³-hybridized carbons (Fsp3) is 0.714. The third kappa shape index (κ3) is 10.3. The van der Waals surface area contributed by atoms with Crippen LogP contribution in [0.5, 0.6) is 0 Å². The number of unbranched alkanes of at least 4 members (excludes halogenated alkanes) is 3. The Bertz CT molecular complexity index is 404. The third-order valence-electron chi connectivity index (χ3n) is 4.22. The van der Waals surface area contributed by atoms with Gasteiger partial charge in [-0.05, 0) is 37.8 Å². The van der Waals surface area contributed by atoms with Crippen LogP contribution < -0.4 is 5.32 Å². The highest BCUT2D eigenvalue weighted by atomic mass is 28.4. The van der Waals surface area contributed by atoms with E-state index in [4.69, 9.17) is 13.3 Å². The summed E-state index contributed by atoms with van der Waals surface area (Å²) in [5.41, 5.74) is 1.16. The highest BCUT2D eigenvalue weighted by molar-refractivity contribution is 6.60. The molecule has 0 saturated heterocycles. The molecule has 0 atom stereocenters. The van der Waals surface area contributed by atoms with Gasteiger partial charge in [-0.15, -0.1) is 0 Å². The van der Waals surface area contributed by atoms with Gasteiger partial charge in [-0.3, -0.25) is 0 Å². The molecule has 1 rings (SSSR count). The van der Waals surface area contributed by atoms with Gasteiger partial charge in [0.1, 0.15) is 0 Å². The summed E-state index contributed by atoms with van der Waals surface area (Å²) in [5, 5.41) is 3.47. The van der Waals surface area contributed by atoms with Crippen LogP contribution >= 0.6 is 0 Å². The molecule has 26 heavy (non-hydrogen) atoms. The zero-order valence-electron chi connectivity index (χ0n) is 17.1. The van der Waals surface area contributed by atoms with Crippen LogP contribution in [-0.2, 0) is 13.3 Å². The molecule has 0 radical (unpaired) electrons. The predicted molar refractivity (Wildman–Crippen MR) is 113 cm³/mol. The van der Waals surface area contributed by atoms with Gasteiger partial charge in [0, 0.05) is 38.1 Å². The van der Waals surface area contributed by atoms with Crippen LogP contribution in [0.25, 0.3) is 0 Å². The Kier molecular flexibility index (Phi) is 13.5. The first-order valence-electron chi connectivity index (χ1n) is 10.5. The molecule has 0 saturated carbocycles. The van der Waals surface area contributed by atoms with Gasteiger partial charge < -0.3 is 18.6 Å². The van der Waals surface area contributed by atoms with Gasteiger partial charge >= 0.3 is 8.80 Å². The lowest BCUT2D eigenvalue weighted by molar-refractivity contribution is 0.0560. The maximum Gasteiger partial charge on any atom is 0.501 e. The maximum atomic E-state index is 6.28. The second kappa shape index (κ2) is 15.2. The Labute approximate surface area is 162 Å². The molecule has 0 aliphatic carbocycles. The van der Waals surface area contributed by atoms with E-state index in [-0.39, 0.29) is 0 Å². The summed E-state index contributed by atoms with van der Waals surface area (Å²) < 4.78 is 18.8. The average Bonchev–Trinajstić information content (AvgIpc) is 2.67. The van der Waals surface area contributed by atoms with Crippen LogP contribution in [0, 0.1) is 0 Å². The molecular weight excluding hydrogens is 342 g/mol. The minimum Gasteiger partial charge on any atom is -0.385 e. The largest absolute Gasteiger partial charge is 0.501 e. The summed E-state index contributed by atoms with van der Waals surface area (Å²) in [5.74, 6) is 0. The highest BCUT2D eigenvalue weighted by Crippen LogP contribution is 2.20. The van der Waals surface area contributed by atoms with Crippen LogP contribution in [0.2, 0.25) is 6.04 Å². The lowest BCUT2D eigenvalue weighted by Gasteiger charge is -2.30. The van der Waals surface area contributed by atoms with Crippen LogP contribution in [0.4, 0.5) is 5.69 Å². The summed E-state index contributed by atoms with van der Waals surface area (Å²) >= 11 is 0. The second-order valence-corrected chi connectivity index (χ2v) is 9.42. The molecule has 1 aromatic carbocycles. The summed E-state index contributed by atoms with van der Waals surface area (Å²) in [7, 11) is -2.59. The lowest BCUT2D eigenvalue weighted by Crippen LogP contribution is -2.47. The van der Waals surface area contributed by atoms with Gasteiger partial charge in [0.15, 0.2) is 0 Å². The van der Waals surface area contributed by atoms with Crippen molar-refractivity contribution in [2.45, 2.75) is 71.8 Å². The maximum absolute atomic E-state index is 6.28. The first kappa shape index (κ1) is 23.2. The Morgan fingerprint density at radius 3 is 1.69 bits per heavy atom. The van der Waals surface area contributed by atoms with Crippen molar-refractivity contribution < 1.29 is 13.3 Å². The molecule has 0 heterocycles. The third-order valence-corrected chi connectivity index (χ3v) is 7.12. The number of anilines is 1. The SMILES string of the molecule is CCCCO[Si](CCCNc1ccccc1)(OCCCC)OCCCC. The first-order valence-corrected chi connectivity index (χ1v) is 12.4. The van der Waals surface area contributed by atoms with E-state index >= 15 is 0 Å². The molecule has 0 aromatic heterocycles. The molecule has 150 valence electrons. The van der Waals surface area contributed by atoms with Crippen molar-refractivity contribution >= 4 is 14.5 Å². The molecule has 0 spiro atoms. The summed E-state index contributed by atoms with van der Waals surface area (Å²) in [6, 6.07) is 11.2. The zero-order valence-corrected chi connectivity index (χ0v) is 18.1. The summed E-state index contributed by atoms with van der Waals surface area (Å²) in [4.78, 5) is 0. The van der Waals surface area contributed by atoms with E-state index in [1.54, 1.807) is 0 Å². The van der Waals surface area contributed by atoms with Crippen molar-refractivity contribution in [3.8, 4) is 0 Å². The minimum absolute atomic E-state index is 0.743. The van der Waals surface area contributed by atoms with E-state index < -0.39 is 8.80 Å². The van der Waals surface area contributed by atoms with Crippen LogP contribution in [-0.4, -0.2) is 35.2 Å². The number of hydrogen-bond donors (Lipinski definition) is 1. The van der Waals surface area contributed by atoms with E-state index in [9.17, 15) is 0 Å². The Morgan fingerprint density at radius 1 is 0.731 bits per heavy atom. The van der Waals surface area contributed by atoms with Crippen LogP contribution in [0.15, 0.2) is 30.3 Å². The van der Waals surface area contributed by atoms with Gasteiger partial charge in [-0.1, -0.05) is 58.2 Å². The smallest absolute Gasteiger partial charge is 0.385 e. The standard InChI is InChI=1S/C21H39NO3Si/c1-4-7-17-23-26(24-18-8-5-2,25-19-9-6-3)20-13-16-22-21-14-11-10-12-15-21/h10-12,14-15,22H,4-9,13,16-20H2,1-3H3. The van der Waals surface area contributed by atoms with E-state index in [2.05, 4.69) is 50.4 Å². The molecule has 0 amide bonds. The van der Waals surface area contributed by atoms with Crippen LogP contribution in [0.3, 0.4) is 0 Å². The van der Waals surface area contributed by atoms with Crippen molar-refractivity contribution in [2.24, 2.45) is 0 Å². The van der Waals surface area contributed by atoms with E-state index in [1.165, 1.54) is 0 Å². The van der Waals surface area contributed by atoms with Crippen molar-refractivity contribution in [1.29, 1.82) is 0 Å². The van der Waals surface area contributed by atoms with Crippen LogP contribution in [0.1, 0.15) is 65.7 Å². The van der Waals surface area contributed by atoms with Gasteiger partial charge in [0.05, 0.1) is 0 Å². The van der Waals surface area contributed by atoms with Crippen molar-refractivity contribution in [1.82, 2.24) is 0 Å². The number of para-hydroxylation sites is 1. The summed E-state index contributed by atoms with van der Waals surface area (Å²) in [6.07, 6.45) is 7.56. The second-order valence-electron chi connectivity index (χ2n) is 6.69. The molecule has 1 N–H and O–H groups in total. The average molecular weight is 382 g/mol. The van der Waals surface area contributed by atoms with Crippen molar-refractivity contribution in [3.05, 3.63) is 30.3 Å². The van der Waals surface area contributed by atoms with Gasteiger partial charge in [0.2, 0.25) is 0 Å². The van der Waals surface area contributed by atoms with Gasteiger partial charge in [-0.2, -0.15) is 0 Å². The highest BCUT2D eigenvalue weighted by Gasteiger charge is 2.40. The molecule has 0 aliphatic heterocycles. The number of rotatable bonds is 17. The minimum atomic E-state index is -2.59. The quantitative estimate of drug-likeness (QED) is 0.270. The monoisotopic (exact) mass is 381 g/mol. The Morgan fingerprint density at radius 2 is 1.23 bits per heavy atom. The molecule has 0 unspecified atom stereocenters. The van der Waals surface area contributed by atoms with Gasteiger partial charge in [0.25, 0.3) is 0 Å². The molecule has 0 fully saturated rings. The Hall–Kier alpha value is -0.883. The van der Waals surface area contributed by atoms with E-state index in [0.29, 0.717) is 0 Å². The molecular formula is C21H39NO3Si. The van der Waals surface area contributed by atoms with Crippen molar-refractivity contribution in [3.63, 3.8) is 0 Å². The van der Waals surface area contributed by atoms with E-state index in [1.807, 2.05) is 6.07 Å². The first-order chi connectivity index (χ1) is 12.8. The number of hydrogen-bond acceptors (Lipinski definition) is 4. The fourth-order valence-electron chi connectivity index (χ4n) is 2.55. The molecule has 1 aromatic rings. The lowest BCUT2D eigenvalue weighted by atomic mass is 10.3. The number of nitrogens with one attached hydrogen (secondary N) is 1.